The Morgan fingerprint density at radius 2 is 2.00 bits per heavy atom. The van der Waals surface area contributed by atoms with Crippen LogP contribution in [0.1, 0.15) is 24.1 Å². The number of fused-ring (bicyclic) bond motifs is 3. The maximum absolute atomic E-state index is 7.68. The molecule has 0 fully saturated rings. The number of nitrogens with zero attached hydrogens (tertiary/aromatic N) is 4. The summed E-state index contributed by atoms with van der Waals surface area (Å²) in [5, 5.41) is 8.94. The lowest BCUT2D eigenvalue weighted by atomic mass is 10.0. The first-order valence-corrected chi connectivity index (χ1v) is 7.28. The molecule has 0 bridgehead atoms. The third-order valence-electron chi connectivity index (χ3n) is 3.68. The van der Waals surface area contributed by atoms with Gasteiger partial charge in [-0.15, -0.1) is 10.2 Å². The van der Waals surface area contributed by atoms with Crippen molar-refractivity contribution < 1.29 is 1.37 Å². The van der Waals surface area contributed by atoms with Crippen LogP contribution >= 0.6 is 11.6 Å². The molecule has 0 spiro atoms. The van der Waals surface area contributed by atoms with Crippen LogP contribution in [0.5, 0.6) is 0 Å². The Bertz CT molecular complexity index is 902. The maximum Gasteiger partial charge on any atom is 0.159 e. The minimum absolute atomic E-state index is 0.0652. The van der Waals surface area contributed by atoms with Gasteiger partial charge in [0.1, 0.15) is 12.4 Å². The molecule has 0 saturated heterocycles. The van der Waals surface area contributed by atoms with E-state index in [1.54, 1.807) is 0 Å². The SMILES string of the molecule is [2H]Cc1nnc2n1-c1ccc(Cl)cc1C(c1ccccc1)=NC2. The third-order valence-corrected chi connectivity index (χ3v) is 3.91. The molecule has 22 heavy (non-hydrogen) atoms. The summed E-state index contributed by atoms with van der Waals surface area (Å²) in [5.74, 6) is 1.34. The molecule has 0 radical (unpaired) electrons. The van der Waals surface area contributed by atoms with Crippen molar-refractivity contribution >= 4 is 17.3 Å². The van der Waals surface area contributed by atoms with Crippen LogP contribution in [-0.4, -0.2) is 20.5 Å². The van der Waals surface area contributed by atoms with E-state index in [2.05, 4.69) is 10.2 Å². The maximum atomic E-state index is 7.68. The molecule has 108 valence electrons. The fourth-order valence-electron chi connectivity index (χ4n) is 2.70. The zero-order valence-corrected chi connectivity index (χ0v) is 12.5. The number of halogens is 1. The van der Waals surface area contributed by atoms with Gasteiger partial charge >= 0.3 is 0 Å². The van der Waals surface area contributed by atoms with Crippen LogP contribution in [0.4, 0.5) is 0 Å². The summed E-state index contributed by atoms with van der Waals surface area (Å²) in [5.41, 5.74) is 3.75. The molecule has 4 rings (SSSR count). The van der Waals surface area contributed by atoms with Crippen LogP contribution in [-0.2, 0) is 6.54 Å². The van der Waals surface area contributed by atoms with Gasteiger partial charge in [0.15, 0.2) is 5.82 Å². The average molecular weight is 310 g/mol. The van der Waals surface area contributed by atoms with E-state index in [0.717, 1.165) is 28.4 Å². The smallest absolute Gasteiger partial charge is 0.159 e. The van der Waals surface area contributed by atoms with Crippen molar-refractivity contribution in [2.45, 2.75) is 13.4 Å². The molecule has 0 unspecified atom stereocenters. The monoisotopic (exact) mass is 309 g/mol. The van der Waals surface area contributed by atoms with Crippen LogP contribution in [0.15, 0.2) is 53.5 Å². The summed E-state index contributed by atoms with van der Waals surface area (Å²) in [4.78, 5) is 4.74. The Balaban J connectivity index is 2.00. The number of hydrogen-bond donors (Lipinski definition) is 0. The predicted molar refractivity (Wildman–Crippen MR) is 86.9 cm³/mol. The largest absolute Gasteiger partial charge is 0.281 e. The molecule has 1 aromatic heterocycles. The number of aliphatic imine (C=N–C) groups is 1. The number of aryl methyl sites for hydroxylation is 1. The topological polar surface area (TPSA) is 43.1 Å². The van der Waals surface area contributed by atoms with E-state index in [0.29, 0.717) is 17.4 Å². The molecule has 1 aliphatic rings. The van der Waals surface area contributed by atoms with Crippen molar-refractivity contribution in [1.29, 1.82) is 0 Å². The zero-order valence-electron chi connectivity index (χ0n) is 12.7. The number of benzene rings is 2. The summed E-state index contributed by atoms with van der Waals surface area (Å²) in [7, 11) is 0. The molecule has 2 aromatic carbocycles. The molecule has 0 amide bonds. The van der Waals surface area contributed by atoms with Gasteiger partial charge in [-0.05, 0) is 25.1 Å². The average Bonchev–Trinajstić information content (AvgIpc) is 2.92. The van der Waals surface area contributed by atoms with Gasteiger partial charge in [-0.25, -0.2) is 0 Å². The van der Waals surface area contributed by atoms with E-state index in [4.69, 9.17) is 18.0 Å². The summed E-state index contributed by atoms with van der Waals surface area (Å²) in [6, 6.07) is 15.7. The Hall–Kier alpha value is -2.46. The predicted octanol–water partition coefficient (Wildman–Crippen LogP) is 3.58. The highest BCUT2D eigenvalue weighted by molar-refractivity contribution is 6.31. The second-order valence-electron chi connectivity index (χ2n) is 5.06. The van der Waals surface area contributed by atoms with E-state index in [-0.39, 0.29) is 6.90 Å². The van der Waals surface area contributed by atoms with Crippen LogP contribution in [0.25, 0.3) is 5.69 Å². The van der Waals surface area contributed by atoms with Gasteiger partial charge in [-0.3, -0.25) is 9.56 Å². The summed E-state index contributed by atoms with van der Waals surface area (Å²) >= 11 is 6.22. The number of aromatic nitrogens is 3. The standard InChI is InChI=1S/C17H13ClN4/c1-11-20-21-16-10-19-17(12-5-3-2-4-6-12)14-9-13(18)7-8-15(14)22(11)16/h2-9H,10H2,1H3/i1D. The Morgan fingerprint density at radius 1 is 1.14 bits per heavy atom. The molecule has 1 aliphatic heterocycles. The molecule has 0 N–H and O–H groups in total. The third kappa shape index (κ3) is 2.04. The second-order valence-corrected chi connectivity index (χ2v) is 5.50. The van der Waals surface area contributed by atoms with Gasteiger partial charge in [0.2, 0.25) is 0 Å². The molecule has 5 heteroatoms. The summed E-state index contributed by atoms with van der Waals surface area (Å²) in [6.45, 7) is 0.485. The van der Waals surface area contributed by atoms with Crippen molar-refractivity contribution in [1.82, 2.24) is 14.8 Å². The van der Waals surface area contributed by atoms with Crippen molar-refractivity contribution in [3.8, 4) is 5.69 Å². The van der Waals surface area contributed by atoms with E-state index < -0.39 is 0 Å². The second kappa shape index (κ2) is 5.07. The normalized spacial score (nSPS) is 13.7. The minimum atomic E-state index is 0.0652. The van der Waals surface area contributed by atoms with Crippen molar-refractivity contribution in [3.05, 3.63) is 76.3 Å². The van der Waals surface area contributed by atoms with E-state index in [1.807, 2.05) is 53.1 Å². The lowest BCUT2D eigenvalue weighted by Gasteiger charge is -2.12. The van der Waals surface area contributed by atoms with Crippen molar-refractivity contribution in [2.24, 2.45) is 4.99 Å². The Labute approximate surface area is 134 Å². The van der Waals surface area contributed by atoms with E-state index in [1.165, 1.54) is 0 Å². The van der Waals surface area contributed by atoms with Gasteiger partial charge in [-0.1, -0.05) is 41.9 Å². The molecule has 0 aliphatic carbocycles. The van der Waals surface area contributed by atoms with Crippen LogP contribution in [0, 0.1) is 6.90 Å². The Kier molecular flexibility index (Phi) is 2.79. The van der Waals surface area contributed by atoms with Crippen molar-refractivity contribution in [3.63, 3.8) is 0 Å². The summed E-state index contributed by atoms with van der Waals surface area (Å²) < 4.78 is 9.60. The van der Waals surface area contributed by atoms with Crippen LogP contribution in [0.3, 0.4) is 0 Å². The zero-order chi connectivity index (χ0) is 15.8. The molecule has 2 heterocycles. The lowest BCUT2D eigenvalue weighted by Crippen LogP contribution is -2.08. The lowest BCUT2D eigenvalue weighted by molar-refractivity contribution is 0.862. The van der Waals surface area contributed by atoms with E-state index >= 15 is 0 Å². The molecular formula is C17H13ClN4. The van der Waals surface area contributed by atoms with Gasteiger partial charge in [-0.2, -0.15) is 0 Å². The highest BCUT2D eigenvalue weighted by Gasteiger charge is 2.21. The molecule has 4 nitrogen and oxygen atoms in total. The van der Waals surface area contributed by atoms with Gasteiger partial charge < -0.3 is 0 Å². The molecule has 0 saturated carbocycles. The fraction of sp³-hybridized carbons (Fsp3) is 0.118. The first kappa shape index (κ1) is 12.1. The summed E-state index contributed by atoms with van der Waals surface area (Å²) in [6.07, 6.45) is 0. The molecular weight excluding hydrogens is 296 g/mol. The highest BCUT2D eigenvalue weighted by atomic mass is 35.5. The first-order chi connectivity index (χ1) is 11.3. The quantitative estimate of drug-likeness (QED) is 0.689. The molecule has 0 atom stereocenters. The highest BCUT2D eigenvalue weighted by Crippen LogP contribution is 2.27. The van der Waals surface area contributed by atoms with Crippen LogP contribution < -0.4 is 0 Å². The number of rotatable bonds is 1. The van der Waals surface area contributed by atoms with Crippen molar-refractivity contribution in [2.75, 3.05) is 0 Å². The fourth-order valence-corrected chi connectivity index (χ4v) is 2.88. The van der Waals surface area contributed by atoms with Gasteiger partial charge in [0.05, 0.1) is 11.4 Å². The van der Waals surface area contributed by atoms with E-state index in [9.17, 15) is 0 Å². The van der Waals surface area contributed by atoms with Crippen LogP contribution in [0.2, 0.25) is 5.02 Å². The Morgan fingerprint density at radius 3 is 2.82 bits per heavy atom. The van der Waals surface area contributed by atoms with Gasteiger partial charge in [0.25, 0.3) is 0 Å². The minimum Gasteiger partial charge on any atom is -0.281 e. The molecule has 3 aromatic rings. The van der Waals surface area contributed by atoms with Gasteiger partial charge in [0, 0.05) is 17.5 Å². The first-order valence-electron chi connectivity index (χ1n) is 7.61. The number of hydrogen-bond acceptors (Lipinski definition) is 3.